The minimum Gasteiger partial charge on any atom is -0.465 e. The Labute approximate surface area is 195 Å². The van der Waals surface area contributed by atoms with Gasteiger partial charge < -0.3 is 19.5 Å². The van der Waals surface area contributed by atoms with Crippen LogP contribution in [0.15, 0.2) is 40.1 Å². The Balaban J connectivity index is 2.07. The second-order valence-electron chi connectivity index (χ2n) is 7.07. The van der Waals surface area contributed by atoms with Gasteiger partial charge in [0.1, 0.15) is 6.04 Å². The lowest BCUT2D eigenvalue weighted by Crippen LogP contribution is -2.43. The molecule has 1 aromatic rings. The smallest absolute Gasteiger partial charge is 0.336 e. The number of rotatable bonds is 8. The lowest BCUT2D eigenvalue weighted by atomic mass is 9.84. The number of hydrogen-bond donors (Lipinski definition) is 2. The highest BCUT2D eigenvalue weighted by atomic mass is 32.2. The summed E-state index contributed by atoms with van der Waals surface area (Å²) >= 11 is 2.95. The van der Waals surface area contributed by atoms with Crippen molar-refractivity contribution >= 4 is 41.0 Å². The number of carbonyl (C=O) groups excluding carboxylic acids is 3. The lowest BCUT2D eigenvalue weighted by Gasteiger charge is -2.32. The van der Waals surface area contributed by atoms with Crippen LogP contribution in [0.3, 0.4) is 0 Å². The van der Waals surface area contributed by atoms with Crippen LogP contribution in [0.1, 0.15) is 38.5 Å². The second kappa shape index (κ2) is 11.0. The molecular weight excluding hydrogens is 452 g/mol. The summed E-state index contributed by atoms with van der Waals surface area (Å²) in [6, 6.07) is 3.28. The fourth-order valence-electron chi connectivity index (χ4n) is 3.73. The molecule has 32 heavy (non-hydrogen) atoms. The zero-order chi connectivity index (χ0) is 23.3. The number of esters is 3. The molecule has 2 aliphatic rings. The first-order chi connectivity index (χ1) is 15.4. The van der Waals surface area contributed by atoms with Crippen LogP contribution in [0.25, 0.3) is 0 Å². The molecule has 3 rings (SSSR count). The van der Waals surface area contributed by atoms with E-state index in [9.17, 15) is 14.4 Å². The Morgan fingerprint density at radius 1 is 1.03 bits per heavy atom. The van der Waals surface area contributed by atoms with Gasteiger partial charge in [0, 0.05) is 16.3 Å². The van der Waals surface area contributed by atoms with Gasteiger partial charge in [-0.05, 0) is 39.1 Å². The van der Waals surface area contributed by atoms with Crippen LogP contribution in [0.2, 0.25) is 0 Å². The van der Waals surface area contributed by atoms with E-state index in [0.717, 1.165) is 4.88 Å². The van der Waals surface area contributed by atoms with E-state index in [1.165, 1.54) is 23.1 Å². The Morgan fingerprint density at radius 3 is 2.28 bits per heavy atom. The minimum absolute atomic E-state index is 0.195. The van der Waals surface area contributed by atoms with E-state index in [2.05, 4.69) is 10.6 Å². The Morgan fingerprint density at radius 2 is 1.69 bits per heavy atom. The van der Waals surface area contributed by atoms with E-state index < -0.39 is 23.9 Å². The molecule has 0 spiro atoms. The van der Waals surface area contributed by atoms with Gasteiger partial charge in [0.25, 0.3) is 0 Å². The average molecular weight is 481 g/mol. The number of thioether (sulfide) groups is 1. The molecule has 1 fully saturated rings. The summed E-state index contributed by atoms with van der Waals surface area (Å²) in [4.78, 5) is 39.2. The van der Waals surface area contributed by atoms with Gasteiger partial charge >= 0.3 is 17.9 Å². The first-order valence-corrected chi connectivity index (χ1v) is 12.5. The van der Waals surface area contributed by atoms with Crippen LogP contribution in [0.5, 0.6) is 0 Å². The van der Waals surface area contributed by atoms with Crippen LogP contribution in [-0.2, 0) is 28.6 Å². The minimum atomic E-state index is -0.631. The number of thiophene rings is 1. The molecule has 174 valence electrons. The van der Waals surface area contributed by atoms with Gasteiger partial charge in [-0.1, -0.05) is 6.07 Å². The number of carbonyl (C=O) groups is 3. The topological polar surface area (TPSA) is 103 Å². The normalized spacial score (nSPS) is 23.1. The monoisotopic (exact) mass is 480 g/mol. The van der Waals surface area contributed by atoms with Crippen molar-refractivity contribution in [1.29, 1.82) is 0 Å². The highest BCUT2D eigenvalue weighted by molar-refractivity contribution is 8.00. The summed E-state index contributed by atoms with van der Waals surface area (Å²) < 4.78 is 15.9. The zero-order valence-corrected chi connectivity index (χ0v) is 20.2. The SMILES string of the molecule is CCOC(=O)C1=C(C)NC([C@@H]2N[C@H](C(=O)OCC)CS2)=C(C(=O)OCC)[C@H]1c1cccs1. The molecule has 0 unspecified atom stereocenters. The molecule has 1 aromatic heterocycles. The van der Waals surface area contributed by atoms with Gasteiger partial charge in [0.15, 0.2) is 0 Å². The van der Waals surface area contributed by atoms with Crippen molar-refractivity contribution in [3.63, 3.8) is 0 Å². The number of allylic oxidation sites excluding steroid dienone is 1. The zero-order valence-electron chi connectivity index (χ0n) is 18.6. The molecule has 2 aliphatic heterocycles. The van der Waals surface area contributed by atoms with Gasteiger partial charge in [-0.25, -0.2) is 9.59 Å². The van der Waals surface area contributed by atoms with Crippen molar-refractivity contribution in [2.24, 2.45) is 0 Å². The number of nitrogens with one attached hydrogen (secondary N) is 2. The van der Waals surface area contributed by atoms with Crippen molar-refractivity contribution in [3.8, 4) is 0 Å². The third kappa shape index (κ3) is 5.02. The Kier molecular flexibility index (Phi) is 8.38. The molecule has 3 heterocycles. The van der Waals surface area contributed by atoms with E-state index in [0.29, 0.717) is 34.9 Å². The molecule has 2 N–H and O–H groups in total. The highest BCUT2D eigenvalue weighted by Crippen LogP contribution is 2.43. The second-order valence-corrected chi connectivity index (χ2v) is 9.18. The van der Waals surface area contributed by atoms with E-state index in [1.54, 1.807) is 27.7 Å². The van der Waals surface area contributed by atoms with E-state index in [4.69, 9.17) is 14.2 Å². The summed E-state index contributed by atoms with van der Waals surface area (Å²) in [5.41, 5.74) is 1.92. The van der Waals surface area contributed by atoms with Crippen molar-refractivity contribution in [2.45, 2.75) is 45.0 Å². The predicted molar refractivity (Wildman–Crippen MR) is 123 cm³/mol. The summed E-state index contributed by atoms with van der Waals surface area (Å²) in [5.74, 6) is -1.45. The molecule has 10 heteroatoms. The summed E-state index contributed by atoms with van der Waals surface area (Å²) in [5, 5.41) is 8.03. The number of dihydropyridines is 1. The van der Waals surface area contributed by atoms with Crippen molar-refractivity contribution < 1.29 is 28.6 Å². The van der Waals surface area contributed by atoms with E-state index in [-0.39, 0.29) is 24.6 Å². The van der Waals surface area contributed by atoms with Gasteiger partial charge in [0.2, 0.25) is 0 Å². The third-order valence-corrected chi connectivity index (χ3v) is 7.20. The van der Waals surface area contributed by atoms with Gasteiger partial charge in [-0.2, -0.15) is 0 Å². The molecule has 0 aliphatic carbocycles. The fourth-order valence-corrected chi connectivity index (χ4v) is 5.81. The summed E-state index contributed by atoms with van der Waals surface area (Å²) in [6.07, 6.45) is 0. The van der Waals surface area contributed by atoms with Crippen LogP contribution in [0.4, 0.5) is 0 Å². The molecule has 0 aromatic carbocycles. The van der Waals surface area contributed by atoms with Gasteiger partial charge in [-0.3, -0.25) is 10.1 Å². The third-order valence-electron chi connectivity index (χ3n) is 5.03. The van der Waals surface area contributed by atoms with Crippen molar-refractivity contribution in [1.82, 2.24) is 10.6 Å². The lowest BCUT2D eigenvalue weighted by molar-refractivity contribution is -0.145. The molecule has 0 saturated carbocycles. The average Bonchev–Trinajstić information content (AvgIpc) is 3.45. The molecule has 0 radical (unpaired) electrons. The molecule has 8 nitrogen and oxygen atoms in total. The van der Waals surface area contributed by atoms with E-state index in [1.807, 2.05) is 17.5 Å². The Hall–Kier alpha value is -2.30. The summed E-state index contributed by atoms with van der Waals surface area (Å²) in [7, 11) is 0. The predicted octanol–water partition coefficient (Wildman–Crippen LogP) is 2.68. The summed E-state index contributed by atoms with van der Waals surface area (Å²) in [6.45, 7) is 7.75. The molecule has 0 amide bonds. The Bertz CT molecular complexity index is 925. The highest BCUT2D eigenvalue weighted by Gasteiger charge is 2.43. The first-order valence-electron chi connectivity index (χ1n) is 10.6. The van der Waals surface area contributed by atoms with Crippen LogP contribution in [0, 0.1) is 0 Å². The maximum Gasteiger partial charge on any atom is 0.336 e. The largest absolute Gasteiger partial charge is 0.465 e. The maximum absolute atomic E-state index is 13.2. The molecular formula is C22H28N2O6S2. The molecule has 1 saturated heterocycles. The van der Waals surface area contributed by atoms with Crippen LogP contribution >= 0.6 is 23.1 Å². The fraction of sp³-hybridized carbons (Fsp3) is 0.500. The van der Waals surface area contributed by atoms with Crippen LogP contribution < -0.4 is 10.6 Å². The molecule has 0 bridgehead atoms. The van der Waals surface area contributed by atoms with Gasteiger partial charge in [0.05, 0.1) is 48.0 Å². The molecule has 3 atom stereocenters. The standard InChI is InChI=1S/C22H28N2O6S2/c1-5-28-20(25)13-11-32-19(24-13)18-17(22(27)30-7-3)16(14-9-8-10-31-14)15(12(4)23-18)21(26)29-6-2/h8-10,13,16,19,23-24H,5-7,11H2,1-4H3/t13-,16-,19+/m0/s1. The number of ether oxygens (including phenoxy) is 3. The number of hydrogen-bond acceptors (Lipinski definition) is 10. The first kappa shape index (κ1) is 24.3. The van der Waals surface area contributed by atoms with Gasteiger partial charge in [-0.15, -0.1) is 23.1 Å². The maximum atomic E-state index is 13.2. The quantitative estimate of drug-likeness (QED) is 0.429. The van der Waals surface area contributed by atoms with Crippen molar-refractivity contribution in [3.05, 3.63) is 44.9 Å². The van der Waals surface area contributed by atoms with E-state index >= 15 is 0 Å². The van der Waals surface area contributed by atoms with Crippen molar-refractivity contribution in [2.75, 3.05) is 25.6 Å². The van der Waals surface area contributed by atoms with Crippen LogP contribution in [-0.4, -0.2) is 54.9 Å².